The fraction of sp³-hybridized carbons (Fsp3) is 0.875. The maximum absolute atomic E-state index is 5.36. The van der Waals surface area contributed by atoms with Gasteiger partial charge in [0.15, 0.2) is 5.90 Å². The first-order valence-electron chi connectivity index (χ1n) is 3.84. The molecule has 0 fully saturated rings. The van der Waals surface area contributed by atoms with Crippen molar-refractivity contribution in [1.82, 2.24) is 0 Å². The molecule has 0 aromatic heterocycles. The van der Waals surface area contributed by atoms with Gasteiger partial charge >= 0.3 is 0 Å². The van der Waals surface area contributed by atoms with Gasteiger partial charge in [0, 0.05) is 5.41 Å². The summed E-state index contributed by atoms with van der Waals surface area (Å²) in [6.45, 7) is 8.11. The van der Waals surface area contributed by atoms with Crippen molar-refractivity contribution < 1.29 is 4.74 Å². The van der Waals surface area contributed by atoms with E-state index in [-0.39, 0.29) is 5.41 Å². The molecule has 0 aromatic carbocycles. The predicted octanol–water partition coefficient (Wildman–Crippen LogP) is 1.85. The molecule has 0 saturated heterocycles. The Hall–Kier alpha value is -0.530. The topological polar surface area (TPSA) is 21.6 Å². The minimum absolute atomic E-state index is 0.149. The van der Waals surface area contributed by atoms with Crippen LogP contribution in [0.25, 0.3) is 0 Å². The smallest absolute Gasteiger partial charge is 0.189 e. The number of hydrogen-bond acceptors (Lipinski definition) is 2. The Balaban J connectivity index is 2.62. The summed E-state index contributed by atoms with van der Waals surface area (Å²) in [5.74, 6) is 0.940. The maximum atomic E-state index is 5.36. The minimum Gasteiger partial charge on any atom is -0.479 e. The van der Waals surface area contributed by atoms with Gasteiger partial charge in [-0.25, -0.2) is 0 Å². The quantitative estimate of drug-likeness (QED) is 0.575. The second-order valence-electron chi connectivity index (χ2n) is 3.27. The van der Waals surface area contributed by atoms with E-state index in [1.807, 2.05) is 0 Å². The summed E-state index contributed by atoms with van der Waals surface area (Å²) in [6, 6.07) is 0. The average molecular weight is 141 g/mol. The fourth-order valence-electron chi connectivity index (χ4n) is 0.896. The molecule has 0 bridgehead atoms. The zero-order valence-corrected chi connectivity index (χ0v) is 6.98. The van der Waals surface area contributed by atoms with Gasteiger partial charge in [0.2, 0.25) is 0 Å². The summed E-state index contributed by atoms with van der Waals surface area (Å²) in [5, 5.41) is 0. The van der Waals surface area contributed by atoms with Crippen LogP contribution < -0.4 is 0 Å². The highest BCUT2D eigenvalue weighted by atomic mass is 16.5. The van der Waals surface area contributed by atoms with Crippen LogP contribution in [0.2, 0.25) is 0 Å². The van der Waals surface area contributed by atoms with E-state index in [9.17, 15) is 0 Å². The van der Waals surface area contributed by atoms with E-state index in [1.54, 1.807) is 0 Å². The molecule has 10 heavy (non-hydrogen) atoms. The van der Waals surface area contributed by atoms with Crippen molar-refractivity contribution >= 4 is 5.90 Å². The van der Waals surface area contributed by atoms with Gasteiger partial charge in [-0.1, -0.05) is 20.8 Å². The third-order valence-corrected chi connectivity index (χ3v) is 2.05. The number of rotatable bonds is 2. The first kappa shape index (κ1) is 7.58. The van der Waals surface area contributed by atoms with Gasteiger partial charge in [-0.05, 0) is 6.42 Å². The second-order valence-corrected chi connectivity index (χ2v) is 3.27. The Morgan fingerprint density at radius 3 is 2.70 bits per heavy atom. The minimum atomic E-state index is 0.149. The molecule has 1 aliphatic rings. The molecule has 1 rings (SSSR count). The van der Waals surface area contributed by atoms with Crippen LogP contribution in [-0.4, -0.2) is 19.0 Å². The first-order chi connectivity index (χ1) is 4.67. The first-order valence-corrected chi connectivity index (χ1v) is 3.84. The molecule has 0 saturated carbocycles. The van der Waals surface area contributed by atoms with Crippen LogP contribution in [0.5, 0.6) is 0 Å². The van der Waals surface area contributed by atoms with Crippen LogP contribution in [0.3, 0.4) is 0 Å². The molecule has 0 aromatic rings. The highest BCUT2D eigenvalue weighted by Gasteiger charge is 2.26. The fourth-order valence-corrected chi connectivity index (χ4v) is 0.896. The highest BCUT2D eigenvalue weighted by molar-refractivity contribution is 5.82. The molecular weight excluding hydrogens is 126 g/mol. The van der Waals surface area contributed by atoms with Gasteiger partial charge in [-0.3, -0.25) is 4.99 Å². The summed E-state index contributed by atoms with van der Waals surface area (Å²) in [5.41, 5.74) is 0.149. The third kappa shape index (κ3) is 1.31. The van der Waals surface area contributed by atoms with Crippen LogP contribution in [-0.2, 0) is 4.74 Å². The number of ether oxygens (including phenoxy) is 1. The van der Waals surface area contributed by atoms with E-state index in [4.69, 9.17) is 4.74 Å². The summed E-state index contributed by atoms with van der Waals surface area (Å²) >= 11 is 0. The van der Waals surface area contributed by atoms with Crippen LogP contribution in [0.15, 0.2) is 4.99 Å². The van der Waals surface area contributed by atoms with Crippen LogP contribution in [0.4, 0.5) is 0 Å². The lowest BCUT2D eigenvalue weighted by molar-refractivity contribution is 0.290. The SMILES string of the molecule is CCC(C)(C)C1=NCCO1. The molecule has 1 heterocycles. The van der Waals surface area contributed by atoms with Gasteiger partial charge in [0.1, 0.15) is 6.61 Å². The molecule has 2 heteroatoms. The van der Waals surface area contributed by atoms with Gasteiger partial charge < -0.3 is 4.74 Å². The lowest BCUT2D eigenvalue weighted by Crippen LogP contribution is -2.23. The monoisotopic (exact) mass is 141 g/mol. The molecule has 2 nitrogen and oxygen atoms in total. The zero-order chi connectivity index (χ0) is 7.61. The molecule has 0 radical (unpaired) electrons. The lowest BCUT2D eigenvalue weighted by atomic mass is 9.90. The van der Waals surface area contributed by atoms with Crippen molar-refractivity contribution in [2.24, 2.45) is 10.4 Å². The Bertz CT molecular complexity index is 149. The van der Waals surface area contributed by atoms with Crippen molar-refractivity contribution in [3.05, 3.63) is 0 Å². The highest BCUT2D eigenvalue weighted by Crippen LogP contribution is 2.24. The Morgan fingerprint density at radius 1 is 1.60 bits per heavy atom. The largest absolute Gasteiger partial charge is 0.479 e. The normalized spacial score (nSPS) is 18.5. The Labute approximate surface area is 62.3 Å². The molecule has 0 atom stereocenters. The predicted molar refractivity (Wildman–Crippen MR) is 42.3 cm³/mol. The van der Waals surface area contributed by atoms with E-state index in [0.29, 0.717) is 0 Å². The van der Waals surface area contributed by atoms with Crippen LogP contribution >= 0.6 is 0 Å². The zero-order valence-electron chi connectivity index (χ0n) is 6.98. The summed E-state index contributed by atoms with van der Waals surface area (Å²) in [6.07, 6.45) is 1.09. The summed E-state index contributed by atoms with van der Waals surface area (Å²) < 4.78 is 5.36. The van der Waals surface area contributed by atoms with Crippen molar-refractivity contribution in [2.45, 2.75) is 27.2 Å². The standard InChI is InChI=1S/C8H15NO/c1-4-8(2,3)7-9-5-6-10-7/h4-6H2,1-3H3. The van der Waals surface area contributed by atoms with Crippen molar-refractivity contribution in [3.8, 4) is 0 Å². The van der Waals surface area contributed by atoms with Crippen LogP contribution in [0, 0.1) is 5.41 Å². The molecule has 0 spiro atoms. The van der Waals surface area contributed by atoms with Gasteiger partial charge in [0.25, 0.3) is 0 Å². The van der Waals surface area contributed by atoms with Gasteiger partial charge in [0.05, 0.1) is 6.54 Å². The van der Waals surface area contributed by atoms with Crippen molar-refractivity contribution in [1.29, 1.82) is 0 Å². The summed E-state index contributed by atoms with van der Waals surface area (Å²) in [4.78, 5) is 4.27. The summed E-state index contributed by atoms with van der Waals surface area (Å²) in [7, 11) is 0. The van der Waals surface area contributed by atoms with Crippen molar-refractivity contribution in [3.63, 3.8) is 0 Å². The molecule has 1 aliphatic heterocycles. The van der Waals surface area contributed by atoms with Gasteiger partial charge in [-0.15, -0.1) is 0 Å². The van der Waals surface area contributed by atoms with Crippen molar-refractivity contribution in [2.75, 3.05) is 13.2 Å². The van der Waals surface area contributed by atoms with Gasteiger partial charge in [-0.2, -0.15) is 0 Å². The lowest BCUT2D eigenvalue weighted by Gasteiger charge is -2.21. The molecular formula is C8H15NO. The second kappa shape index (κ2) is 2.60. The number of nitrogens with zero attached hydrogens (tertiary/aromatic N) is 1. The Morgan fingerprint density at radius 2 is 2.30 bits per heavy atom. The molecule has 58 valence electrons. The number of hydrogen-bond donors (Lipinski definition) is 0. The van der Waals surface area contributed by atoms with E-state index >= 15 is 0 Å². The molecule has 0 unspecified atom stereocenters. The third-order valence-electron chi connectivity index (χ3n) is 2.05. The maximum Gasteiger partial charge on any atom is 0.189 e. The molecule has 0 aliphatic carbocycles. The molecule has 0 amide bonds. The molecule has 0 N–H and O–H groups in total. The van der Waals surface area contributed by atoms with E-state index < -0.39 is 0 Å². The average Bonchev–Trinajstić information content (AvgIpc) is 2.38. The van der Waals surface area contributed by atoms with E-state index in [1.165, 1.54) is 0 Å². The van der Waals surface area contributed by atoms with E-state index in [0.717, 1.165) is 25.5 Å². The number of aliphatic imine (C=N–C) groups is 1. The Kier molecular flexibility index (Phi) is 1.97. The van der Waals surface area contributed by atoms with E-state index in [2.05, 4.69) is 25.8 Å². The van der Waals surface area contributed by atoms with Crippen LogP contribution in [0.1, 0.15) is 27.2 Å².